The van der Waals surface area contributed by atoms with Crippen molar-refractivity contribution in [1.82, 2.24) is 25.4 Å². The van der Waals surface area contributed by atoms with Crippen molar-refractivity contribution in [2.75, 3.05) is 19.6 Å². The Balaban J connectivity index is 1.52. The minimum absolute atomic E-state index is 0.366. The van der Waals surface area contributed by atoms with Crippen LogP contribution in [0.5, 0.6) is 0 Å². The highest BCUT2D eigenvalue weighted by atomic mass is 15.2. The third kappa shape index (κ3) is 3.22. The van der Waals surface area contributed by atoms with Crippen LogP contribution in [0.2, 0.25) is 0 Å². The van der Waals surface area contributed by atoms with Crippen LogP contribution in [-0.2, 0) is 6.54 Å². The van der Waals surface area contributed by atoms with Gasteiger partial charge in [-0.3, -0.25) is 15.0 Å². The first-order valence-corrected chi connectivity index (χ1v) is 8.34. The van der Waals surface area contributed by atoms with E-state index in [2.05, 4.69) is 55.7 Å². The van der Waals surface area contributed by atoms with E-state index in [0.29, 0.717) is 6.04 Å². The molecule has 0 spiro atoms. The Morgan fingerprint density at radius 2 is 1.92 bits per heavy atom. The van der Waals surface area contributed by atoms with Crippen LogP contribution in [0.15, 0.2) is 60.9 Å². The Hall–Kier alpha value is -2.50. The van der Waals surface area contributed by atoms with Crippen molar-refractivity contribution in [2.24, 2.45) is 0 Å². The normalized spacial score (nSPS) is 18.6. The summed E-state index contributed by atoms with van der Waals surface area (Å²) in [5.41, 5.74) is 4.60. The van der Waals surface area contributed by atoms with Gasteiger partial charge in [0, 0.05) is 55.9 Å². The van der Waals surface area contributed by atoms with E-state index in [1.54, 1.807) is 0 Å². The van der Waals surface area contributed by atoms with Gasteiger partial charge in [0.05, 0.1) is 5.69 Å². The third-order valence-corrected chi connectivity index (χ3v) is 4.52. The highest BCUT2D eigenvalue weighted by molar-refractivity contribution is 5.58. The van der Waals surface area contributed by atoms with Crippen LogP contribution in [0.25, 0.3) is 11.3 Å². The van der Waals surface area contributed by atoms with E-state index in [9.17, 15) is 0 Å². The topological polar surface area (TPSA) is 56.8 Å². The molecule has 0 radical (unpaired) electrons. The maximum Gasteiger partial charge on any atom is 0.0924 e. The zero-order valence-corrected chi connectivity index (χ0v) is 13.5. The molecule has 1 fully saturated rings. The molecular formula is C19H21N5. The number of aromatic amines is 1. The molecule has 2 aromatic heterocycles. The average molecular weight is 319 g/mol. The van der Waals surface area contributed by atoms with Crippen LogP contribution in [0.1, 0.15) is 17.3 Å². The third-order valence-electron chi connectivity index (χ3n) is 4.52. The lowest BCUT2D eigenvalue weighted by Crippen LogP contribution is -2.45. The van der Waals surface area contributed by atoms with E-state index in [1.165, 1.54) is 5.56 Å². The molecule has 1 saturated heterocycles. The Labute approximate surface area is 141 Å². The van der Waals surface area contributed by atoms with Crippen molar-refractivity contribution >= 4 is 0 Å². The predicted octanol–water partition coefficient (Wildman–Crippen LogP) is 2.62. The number of pyridine rings is 1. The summed E-state index contributed by atoms with van der Waals surface area (Å²) in [5.74, 6) is 0. The number of nitrogens with zero attached hydrogens (tertiary/aromatic N) is 3. The fourth-order valence-corrected chi connectivity index (χ4v) is 3.27. The second kappa shape index (κ2) is 6.95. The van der Waals surface area contributed by atoms with Crippen molar-refractivity contribution in [3.05, 3.63) is 72.2 Å². The smallest absolute Gasteiger partial charge is 0.0924 e. The molecule has 0 bridgehead atoms. The molecule has 3 heterocycles. The van der Waals surface area contributed by atoms with Crippen LogP contribution in [0, 0.1) is 0 Å². The van der Waals surface area contributed by atoms with E-state index in [-0.39, 0.29) is 0 Å². The highest BCUT2D eigenvalue weighted by Crippen LogP contribution is 2.24. The number of aromatic nitrogens is 3. The van der Waals surface area contributed by atoms with Gasteiger partial charge in [-0.1, -0.05) is 30.3 Å². The van der Waals surface area contributed by atoms with Crippen molar-refractivity contribution in [1.29, 1.82) is 0 Å². The standard InChI is InChI=1S/C19H21N5/c1-2-4-15(5-3-1)18-12-17(22-23-18)14-24-11-10-21-13-19(24)16-6-8-20-9-7-16/h1-9,12,19,21H,10-11,13-14H2,(H,22,23). The predicted molar refractivity (Wildman–Crippen MR) is 94.3 cm³/mol. The summed E-state index contributed by atoms with van der Waals surface area (Å²) >= 11 is 0. The van der Waals surface area contributed by atoms with Crippen molar-refractivity contribution in [3.63, 3.8) is 0 Å². The summed E-state index contributed by atoms with van der Waals surface area (Å²) in [7, 11) is 0. The van der Waals surface area contributed by atoms with E-state index in [1.807, 2.05) is 30.6 Å². The van der Waals surface area contributed by atoms with Gasteiger partial charge in [-0.2, -0.15) is 5.10 Å². The minimum Gasteiger partial charge on any atom is -0.314 e. The molecule has 1 atom stereocenters. The molecule has 24 heavy (non-hydrogen) atoms. The lowest BCUT2D eigenvalue weighted by atomic mass is 10.0. The second-order valence-corrected chi connectivity index (χ2v) is 6.12. The first-order valence-electron chi connectivity index (χ1n) is 8.34. The quantitative estimate of drug-likeness (QED) is 0.776. The Kier molecular flexibility index (Phi) is 4.36. The Morgan fingerprint density at radius 3 is 2.75 bits per heavy atom. The lowest BCUT2D eigenvalue weighted by molar-refractivity contribution is 0.152. The molecule has 4 rings (SSSR count). The SMILES string of the molecule is c1ccc(-c2cc(CN3CCNCC3c3ccncc3)[nH]n2)cc1. The van der Waals surface area contributed by atoms with E-state index >= 15 is 0 Å². The molecule has 1 unspecified atom stereocenters. The molecule has 1 aliphatic rings. The van der Waals surface area contributed by atoms with Gasteiger partial charge >= 0.3 is 0 Å². The Bertz CT molecular complexity index is 769. The van der Waals surface area contributed by atoms with Crippen LogP contribution in [-0.4, -0.2) is 39.7 Å². The maximum atomic E-state index is 4.47. The van der Waals surface area contributed by atoms with Crippen molar-refractivity contribution < 1.29 is 0 Å². The van der Waals surface area contributed by atoms with Crippen molar-refractivity contribution in [2.45, 2.75) is 12.6 Å². The lowest BCUT2D eigenvalue weighted by Gasteiger charge is -2.36. The van der Waals surface area contributed by atoms with E-state index in [4.69, 9.17) is 0 Å². The largest absolute Gasteiger partial charge is 0.314 e. The van der Waals surface area contributed by atoms with Crippen LogP contribution >= 0.6 is 0 Å². The molecule has 0 aliphatic carbocycles. The first kappa shape index (κ1) is 15.1. The second-order valence-electron chi connectivity index (χ2n) is 6.12. The summed E-state index contributed by atoms with van der Waals surface area (Å²) in [4.78, 5) is 6.63. The number of piperazine rings is 1. The molecule has 3 aromatic rings. The Morgan fingerprint density at radius 1 is 1.08 bits per heavy atom. The molecule has 1 aliphatic heterocycles. The minimum atomic E-state index is 0.366. The van der Waals surface area contributed by atoms with Crippen LogP contribution in [0.4, 0.5) is 0 Å². The highest BCUT2D eigenvalue weighted by Gasteiger charge is 2.24. The van der Waals surface area contributed by atoms with Crippen molar-refractivity contribution in [3.8, 4) is 11.3 Å². The van der Waals surface area contributed by atoms with Gasteiger partial charge in [-0.25, -0.2) is 0 Å². The van der Waals surface area contributed by atoms with Gasteiger partial charge in [-0.15, -0.1) is 0 Å². The van der Waals surface area contributed by atoms with Crippen LogP contribution < -0.4 is 5.32 Å². The fourth-order valence-electron chi connectivity index (χ4n) is 3.27. The molecule has 5 nitrogen and oxygen atoms in total. The summed E-state index contributed by atoms with van der Waals surface area (Å²) < 4.78 is 0. The molecular weight excluding hydrogens is 298 g/mol. The summed E-state index contributed by atoms with van der Waals surface area (Å²) in [6.07, 6.45) is 3.73. The number of rotatable bonds is 4. The maximum absolute atomic E-state index is 4.47. The molecule has 0 saturated carbocycles. The number of hydrogen-bond acceptors (Lipinski definition) is 4. The zero-order chi connectivity index (χ0) is 16.2. The number of nitrogens with one attached hydrogen (secondary N) is 2. The molecule has 2 N–H and O–H groups in total. The van der Waals surface area contributed by atoms with Gasteiger partial charge in [0.1, 0.15) is 0 Å². The summed E-state index contributed by atoms with van der Waals surface area (Å²) in [5, 5.41) is 11.2. The summed E-state index contributed by atoms with van der Waals surface area (Å²) in [6, 6.07) is 17.0. The van der Waals surface area contributed by atoms with Gasteiger partial charge in [-0.05, 0) is 23.8 Å². The van der Waals surface area contributed by atoms with Gasteiger partial charge in [0.25, 0.3) is 0 Å². The molecule has 122 valence electrons. The van der Waals surface area contributed by atoms with Gasteiger partial charge in [0.2, 0.25) is 0 Å². The van der Waals surface area contributed by atoms with Gasteiger partial charge in [0.15, 0.2) is 0 Å². The average Bonchev–Trinajstić information content (AvgIpc) is 3.12. The fraction of sp³-hybridized carbons (Fsp3) is 0.263. The molecule has 5 heteroatoms. The number of H-pyrrole nitrogens is 1. The van der Waals surface area contributed by atoms with Gasteiger partial charge < -0.3 is 5.32 Å². The monoisotopic (exact) mass is 319 g/mol. The summed E-state index contributed by atoms with van der Waals surface area (Å²) in [6.45, 7) is 3.87. The molecule has 1 aromatic carbocycles. The molecule has 0 amide bonds. The van der Waals surface area contributed by atoms with E-state index in [0.717, 1.165) is 43.1 Å². The zero-order valence-electron chi connectivity index (χ0n) is 13.5. The van der Waals surface area contributed by atoms with Crippen LogP contribution in [0.3, 0.4) is 0 Å². The number of hydrogen-bond donors (Lipinski definition) is 2. The number of benzene rings is 1. The first-order chi connectivity index (χ1) is 11.9. The van der Waals surface area contributed by atoms with E-state index < -0.39 is 0 Å².